The molecule has 0 aliphatic carbocycles. The molecule has 0 saturated heterocycles. The molecule has 0 atom stereocenters. The Kier molecular flexibility index (Phi) is 5.66. The molecule has 0 heterocycles. The highest BCUT2D eigenvalue weighted by Gasteiger charge is 2.16. The zero-order chi connectivity index (χ0) is 12.7. The van der Waals surface area contributed by atoms with Crippen molar-refractivity contribution in [2.75, 3.05) is 13.2 Å². The Hall–Kier alpha value is -0.860. The number of aliphatic hydroxyl groups is 1. The van der Waals surface area contributed by atoms with E-state index < -0.39 is 0 Å². The smallest absolute Gasteiger partial charge is 0.0431 e. The second-order valence-electron chi connectivity index (χ2n) is 5.58. The molecule has 96 valence electrons. The minimum Gasteiger partial charge on any atom is -0.396 e. The van der Waals surface area contributed by atoms with Crippen molar-refractivity contribution in [1.82, 2.24) is 5.32 Å². The van der Waals surface area contributed by atoms with Crippen LogP contribution < -0.4 is 5.32 Å². The summed E-state index contributed by atoms with van der Waals surface area (Å²) in [4.78, 5) is 0. The van der Waals surface area contributed by atoms with Crippen LogP contribution in [-0.2, 0) is 6.54 Å². The molecule has 0 aromatic heterocycles. The Bertz CT molecular complexity index is 316. The molecule has 0 aliphatic rings. The van der Waals surface area contributed by atoms with Gasteiger partial charge in [-0.15, -0.1) is 0 Å². The first-order chi connectivity index (χ1) is 8.03. The third-order valence-corrected chi connectivity index (χ3v) is 3.06. The van der Waals surface area contributed by atoms with E-state index in [0.29, 0.717) is 6.61 Å². The zero-order valence-corrected chi connectivity index (χ0v) is 11.3. The van der Waals surface area contributed by atoms with Crippen molar-refractivity contribution < 1.29 is 5.11 Å². The average molecular weight is 235 g/mol. The van der Waals surface area contributed by atoms with Crippen LogP contribution in [0.1, 0.15) is 37.8 Å². The fourth-order valence-corrected chi connectivity index (χ4v) is 1.90. The number of nitrogens with one attached hydrogen (secondary N) is 1. The van der Waals surface area contributed by atoms with Gasteiger partial charge in [0, 0.05) is 19.7 Å². The number of hydrogen-bond acceptors (Lipinski definition) is 2. The van der Waals surface area contributed by atoms with E-state index in [1.165, 1.54) is 11.1 Å². The molecule has 0 saturated carbocycles. The highest BCUT2D eigenvalue weighted by atomic mass is 16.2. The molecule has 17 heavy (non-hydrogen) atoms. The third-order valence-electron chi connectivity index (χ3n) is 3.06. The SMILES string of the molecule is Cc1ccc(CNCC(C)(C)CCCO)cc1. The van der Waals surface area contributed by atoms with Crippen molar-refractivity contribution in [3.8, 4) is 0 Å². The highest BCUT2D eigenvalue weighted by Crippen LogP contribution is 2.20. The second-order valence-corrected chi connectivity index (χ2v) is 5.58. The molecule has 0 bridgehead atoms. The number of rotatable bonds is 7. The summed E-state index contributed by atoms with van der Waals surface area (Å²) < 4.78 is 0. The summed E-state index contributed by atoms with van der Waals surface area (Å²) >= 11 is 0. The third kappa shape index (κ3) is 5.85. The molecule has 1 aromatic carbocycles. The summed E-state index contributed by atoms with van der Waals surface area (Å²) in [6.45, 7) is 8.79. The topological polar surface area (TPSA) is 32.3 Å². The number of benzene rings is 1. The molecule has 1 aromatic rings. The van der Waals surface area contributed by atoms with Crippen LogP contribution in [0, 0.1) is 12.3 Å². The number of aliphatic hydroxyl groups excluding tert-OH is 1. The van der Waals surface area contributed by atoms with Gasteiger partial charge in [0.05, 0.1) is 0 Å². The maximum Gasteiger partial charge on any atom is 0.0431 e. The first kappa shape index (κ1) is 14.2. The molecule has 0 amide bonds. The van der Waals surface area contributed by atoms with Crippen LogP contribution >= 0.6 is 0 Å². The lowest BCUT2D eigenvalue weighted by Crippen LogP contribution is -2.29. The van der Waals surface area contributed by atoms with Crippen molar-refractivity contribution in [1.29, 1.82) is 0 Å². The Labute approximate surface area is 105 Å². The van der Waals surface area contributed by atoms with E-state index in [2.05, 4.69) is 50.4 Å². The van der Waals surface area contributed by atoms with Crippen molar-refractivity contribution >= 4 is 0 Å². The maximum absolute atomic E-state index is 8.84. The van der Waals surface area contributed by atoms with E-state index in [9.17, 15) is 0 Å². The standard InChI is InChI=1S/C15H25NO/c1-13-5-7-14(8-6-13)11-16-12-15(2,3)9-4-10-17/h5-8,16-17H,4,9-12H2,1-3H3. The quantitative estimate of drug-likeness (QED) is 0.761. The fraction of sp³-hybridized carbons (Fsp3) is 0.600. The Morgan fingerprint density at radius 2 is 1.82 bits per heavy atom. The number of aryl methyl sites for hydroxylation is 1. The van der Waals surface area contributed by atoms with Crippen LogP contribution in [0.25, 0.3) is 0 Å². The van der Waals surface area contributed by atoms with Crippen LogP contribution in [0.3, 0.4) is 0 Å². The lowest BCUT2D eigenvalue weighted by molar-refractivity contribution is 0.236. The van der Waals surface area contributed by atoms with Crippen LogP contribution in [0.15, 0.2) is 24.3 Å². The Morgan fingerprint density at radius 1 is 1.18 bits per heavy atom. The van der Waals surface area contributed by atoms with Gasteiger partial charge in [-0.05, 0) is 30.7 Å². The predicted molar refractivity (Wildman–Crippen MR) is 73.0 cm³/mol. The molecular weight excluding hydrogens is 210 g/mol. The van der Waals surface area contributed by atoms with Gasteiger partial charge >= 0.3 is 0 Å². The molecule has 2 heteroatoms. The molecule has 0 fully saturated rings. The van der Waals surface area contributed by atoms with Gasteiger partial charge in [0.15, 0.2) is 0 Å². The first-order valence-electron chi connectivity index (χ1n) is 6.41. The summed E-state index contributed by atoms with van der Waals surface area (Å²) in [5, 5.41) is 12.3. The van der Waals surface area contributed by atoms with Crippen LogP contribution in [0.2, 0.25) is 0 Å². The molecule has 2 N–H and O–H groups in total. The second kappa shape index (κ2) is 6.77. The van der Waals surface area contributed by atoms with Crippen molar-refractivity contribution in [3.05, 3.63) is 35.4 Å². The van der Waals surface area contributed by atoms with E-state index in [-0.39, 0.29) is 5.41 Å². The lowest BCUT2D eigenvalue weighted by Gasteiger charge is -2.24. The van der Waals surface area contributed by atoms with Gasteiger partial charge in [-0.2, -0.15) is 0 Å². The normalized spacial score (nSPS) is 11.8. The maximum atomic E-state index is 8.84. The van der Waals surface area contributed by atoms with Gasteiger partial charge in [-0.3, -0.25) is 0 Å². The fourth-order valence-electron chi connectivity index (χ4n) is 1.90. The van der Waals surface area contributed by atoms with E-state index in [1.807, 2.05) is 0 Å². The van der Waals surface area contributed by atoms with Crippen LogP contribution in [0.5, 0.6) is 0 Å². The van der Waals surface area contributed by atoms with E-state index in [1.54, 1.807) is 0 Å². The monoisotopic (exact) mass is 235 g/mol. The first-order valence-corrected chi connectivity index (χ1v) is 6.41. The van der Waals surface area contributed by atoms with Gasteiger partial charge in [0.2, 0.25) is 0 Å². The van der Waals surface area contributed by atoms with Crippen molar-refractivity contribution in [2.45, 2.75) is 40.2 Å². The molecule has 0 aliphatic heterocycles. The van der Waals surface area contributed by atoms with Gasteiger partial charge in [0.25, 0.3) is 0 Å². The van der Waals surface area contributed by atoms with Crippen LogP contribution in [0.4, 0.5) is 0 Å². The Morgan fingerprint density at radius 3 is 2.41 bits per heavy atom. The summed E-state index contributed by atoms with van der Waals surface area (Å²) in [6.07, 6.45) is 1.95. The largest absolute Gasteiger partial charge is 0.396 e. The van der Waals surface area contributed by atoms with Crippen LogP contribution in [-0.4, -0.2) is 18.3 Å². The summed E-state index contributed by atoms with van der Waals surface area (Å²) in [6, 6.07) is 8.63. The molecule has 0 radical (unpaired) electrons. The van der Waals surface area contributed by atoms with Gasteiger partial charge in [0.1, 0.15) is 0 Å². The molecule has 0 spiro atoms. The lowest BCUT2D eigenvalue weighted by atomic mass is 9.88. The predicted octanol–water partition coefficient (Wildman–Crippen LogP) is 2.88. The Balaban J connectivity index is 2.29. The van der Waals surface area contributed by atoms with Gasteiger partial charge < -0.3 is 10.4 Å². The van der Waals surface area contributed by atoms with Crippen molar-refractivity contribution in [2.24, 2.45) is 5.41 Å². The average Bonchev–Trinajstić information content (AvgIpc) is 2.29. The summed E-state index contributed by atoms with van der Waals surface area (Å²) in [5.74, 6) is 0. The molecular formula is C15H25NO. The molecule has 2 nitrogen and oxygen atoms in total. The van der Waals surface area contributed by atoms with E-state index in [0.717, 1.165) is 25.9 Å². The van der Waals surface area contributed by atoms with E-state index >= 15 is 0 Å². The minimum absolute atomic E-state index is 0.257. The summed E-state index contributed by atoms with van der Waals surface area (Å²) in [5.41, 5.74) is 2.89. The highest BCUT2D eigenvalue weighted by molar-refractivity contribution is 5.21. The van der Waals surface area contributed by atoms with Gasteiger partial charge in [-0.1, -0.05) is 43.7 Å². The number of hydrogen-bond donors (Lipinski definition) is 2. The molecule has 1 rings (SSSR count). The van der Waals surface area contributed by atoms with E-state index in [4.69, 9.17) is 5.11 Å². The zero-order valence-electron chi connectivity index (χ0n) is 11.3. The van der Waals surface area contributed by atoms with Gasteiger partial charge in [-0.25, -0.2) is 0 Å². The minimum atomic E-state index is 0.257. The molecule has 0 unspecified atom stereocenters. The van der Waals surface area contributed by atoms with Crippen molar-refractivity contribution in [3.63, 3.8) is 0 Å². The summed E-state index contributed by atoms with van der Waals surface area (Å²) in [7, 11) is 0.